The van der Waals surface area contributed by atoms with Crippen LogP contribution in [0, 0.1) is 0 Å². The van der Waals surface area contributed by atoms with Crippen molar-refractivity contribution in [1.82, 2.24) is 0 Å². The summed E-state index contributed by atoms with van der Waals surface area (Å²) in [5.41, 5.74) is 6.22. The molecule has 9 nitrogen and oxygen atoms in total. The fourth-order valence-corrected chi connectivity index (χ4v) is 2.64. The lowest BCUT2D eigenvalue weighted by atomic mass is 10.1. The number of esters is 3. The molecule has 152 valence electrons. The predicted molar refractivity (Wildman–Crippen MR) is 107 cm³/mol. The number of halogens is 1. The highest BCUT2D eigenvalue weighted by atomic mass is 79.9. The number of hydrogen-bond donors (Lipinski definition) is 2. The van der Waals surface area contributed by atoms with Gasteiger partial charge < -0.3 is 25.3 Å². The molecule has 0 fully saturated rings. The fraction of sp³-hybridized carbons (Fsp3) is 0.158. The first-order valence-electron chi connectivity index (χ1n) is 8.09. The van der Waals surface area contributed by atoms with Gasteiger partial charge in [-0.2, -0.15) is 0 Å². The predicted octanol–water partition coefficient (Wildman–Crippen LogP) is 2.40. The van der Waals surface area contributed by atoms with Crippen LogP contribution in [0.1, 0.15) is 31.1 Å². The summed E-state index contributed by atoms with van der Waals surface area (Å²) in [4.78, 5) is 47.8. The average molecular weight is 465 g/mol. The normalized spacial score (nSPS) is 10.0. The summed E-state index contributed by atoms with van der Waals surface area (Å²) in [5.74, 6) is -2.88. The maximum atomic E-state index is 12.1. The number of nitrogen functional groups attached to an aromatic ring is 1. The Bertz CT molecular complexity index is 941. The van der Waals surface area contributed by atoms with Crippen LogP contribution in [0.4, 0.5) is 11.4 Å². The Morgan fingerprint density at radius 3 is 2.07 bits per heavy atom. The van der Waals surface area contributed by atoms with Gasteiger partial charge in [0, 0.05) is 15.8 Å². The molecular formula is C19H17BrN2O7. The van der Waals surface area contributed by atoms with E-state index in [4.69, 9.17) is 10.5 Å². The van der Waals surface area contributed by atoms with Crippen LogP contribution in [0.3, 0.4) is 0 Å². The van der Waals surface area contributed by atoms with Crippen LogP contribution in [0.2, 0.25) is 0 Å². The second-order valence-corrected chi connectivity index (χ2v) is 6.55. The van der Waals surface area contributed by atoms with Gasteiger partial charge in [0.25, 0.3) is 5.91 Å². The minimum atomic E-state index is -0.780. The number of hydrogen-bond acceptors (Lipinski definition) is 8. The highest BCUT2D eigenvalue weighted by molar-refractivity contribution is 9.10. The van der Waals surface area contributed by atoms with Gasteiger partial charge >= 0.3 is 17.9 Å². The average Bonchev–Trinajstić information content (AvgIpc) is 2.72. The molecule has 0 heterocycles. The molecular weight excluding hydrogens is 448 g/mol. The zero-order valence-corrected chi connectivity index (χ0v) is 17.1. The third-order valence-corrected chi connectivity index (χ3v) is 4.12. The summed E-state index contributed by atoms with van der Waals surface area (Å²) in [7, 11) is 2.36. The molecule has 2 rings (SSSR count). The van der Waals surface area contributed by atoms with Crippen LogP contribution >= 0.6 is 15.9 Å². The van der Waals surface area contributed by atoms with E-state index in [1.54, 1.807) is 6.07 Å². The minimum Gasteiger partial charge on any atom is -0.465 e. The van der Waals surface area contributed by atoms with Crippen molar-refractivity contribution in [2.45, 2.75) is 0 Å². The molecule has 3 N–H and O–H groups in total. The number of amides is 1. The van der Waals surface area contributed by atoms with E-state index < -0.39 is 30.4 Å². The summed E-state index contributed by atoms with van der Waals surface area (Å²) in [6.45, 7) is -0.610. The van der Waals surface area contributed by atoms with Crippen molar-refractivity contribution in [3.8, 4) is 0 Å². The lowest BCUT2D eigenvalue weighted by molar-refractivity contribution is -0.119. The zero-order chi connectivity index (χ0) is 21.6. The Morgan fingerprint density at radius 1 is 0.931 bits per heavy atom. The molecule has 0 aliphatic rings. The smallest absolute Gasteiger partial charge is 0.340 e. The van der Waals surface area contributed by atoms with E-state index in [9.17, 15) is 19.2 Å². The lowest BCUT2D eigenvalue weighted by Crippen LogP contribution is -2.22. The highest BCUT2D eigenvalue weighted by Crippen LogP contribution is 2.20. The topological polar surface area (TPSA) is 134 Å². The van der Waals surface area contributed by atoms with Crippen LogP contribution in [-0.2, 0) is 19.0 Å². The van der Waals surface area contributed by atoms with E-state index in [0.29, 0.717) is 4.47 Å². The molecule has 0 spiro atoms. The molecule has 1 amide bonds. The summed E-state index contributed by atoms with van der Waals surface area (Å²) >= 11 is 3.22. The van der Waals surface area contributed by atoms with Crippen LogP contribution in [0.15, 0.2) is 40.9 Å². The van der Waals surface area contributed by atoms with Gasteiger partial charge in [-0.3, -0.25) is 4.79 Å². The van der Waals surface area contributed by atoms with E-state index >= 15 is 0 Å². The maximum Gasteiger partial charge on any atom is 0.340 e. The lowest BCUT2D eigenvalue weighted by Gasteiger charge is -2.10. The van der Waals surface area contributed by atoms with Gasteiger partial charge in [-0.15, -0.1) is 0 Å². The van der Waals surface area contributed by atoms with Crippen LogP contribution < -0.4 is 11.1 Å². The molecule has 0 aliphatic carbocycles. The molecule has 2 aromatic carbocycles. The molecule has 0 aromatic heterocycles. The molecule has 0 atom stereocenters. The number of carbonyl (C=O) groups excluding carboxylic acids is 4. The standard InChI is InChI=1S/C19H17BrN2O7/c1-27-17(24)10-5-11(18(25)28-2)7-13(6-10)22-16(23)9-29-19(26)14-8-12(20)3-4-15(14)21/h3-8H,9,21H2,1-2H3,(H,22,23). The largest absolute Gasteiger partial charge is 0.465 e. The van der Waals surface area contributed by atoms with Gasteiger partial charge in [0.2, 0.25) is 0 Å². The van der Waals surface area contributed by atoms with E-state index in [2.05, 4.69) is 30.7 Å². The number of benzene rings is 2. The molecule has 0 radical (unpaired) electrons. The van der Waals surface area contributed by atoms with Gasteiger partial charge in [-0.05, 0) is 36.4 Å². The van der Waals surface area contributed by atoms with Crippen LogP contribution in [-0.4, -0.2) is 44.6 Å². The zero-order valence-electron chi connectivity index (χ0n) is 15.5. The minimum absolute atomic E-state index is 0.0320. The van der Waals surface area contributed by atoms with Gasteiger partial charge in [0.1, 0.15) is 0 Å². The summed E-state index contributed by atoms with van der Waals surface area (Å²) in [6, 6.07) is 8.54. The number of carbonyl (C=O) groups is 4. The highest BCUT2D eigenvalue weighted by Gasteiger charge is 2.17. The van der Waals surface area contributed by atoms with Crippen molar-refractivity contribution in [3.63, 3.8) is 0 Å². The summed E-state index contributed by atoms with van der Waals surface area (Å²) in [5, 5.41) is 2.44. The third kappa shape index (κ3) is 5.79. The maximum absolute atomic E-state index is 12.1. The molecule has 0 unspecified atom stereocenters. The number of nitrogens with one attached hydrogen (secondary N) is 1. The molecule has 0 saturated heterocycles. The number of ether oxygens (including phenoxy) is 3. The fourth-order valence-electron chi connectivity index (χ4n) is 2.28. The SMILES string of the molecule is COC(=O)c1cc(NC(=O)COC(=O)c2cc(Br)ccc2N)cc(C(=O)OC)c1. The van der Waals surface area contributed by atoms with Gasteiger partial charge in [0.05, 0.1) is 30.9 Å². The van der Waals surface area contributed by atoms with Crippen molar-refractivity contribution in [2.24, 2.45) is 0 Å². The Labute approximate surface area is 174 Å². The number of rotatable bonds is 6. The number of methoxy groups -OCH3 is 2. The second kappa shape index (κ2) is 9.69. The Balaban J connectivity index is 2.11. The van der Waals surface area contributed by atoms with Crippen molar-refractivity contribution in [1.29, 1.82) is 0 Å². The van der Waals surface area contributed by atoms with Crippen molar-refractivity contribution in [2.75, 3.05) is 31.9 Å². The van der Waals surface area contributed by atoms with Crippen molar-refractivity contribution >= 4 is 51.1 Å². The van der Waals surface area contributed by atoms with Crippen LogP contribution in [0.25, 0.3) is 0 Å². The first-order valence-corrected chi connectivity index (χ1v) is 8.88. The van der Waals surface area contributed by atoms with Crippen molar-refractivity contribution in [3.05, 3.63) is 57.6 Å². The second-order valence-electron chi connectivity index (χ2n) is 5.64. The van der Waals surface area contributed by atoms with Crippen molar-refractivity contribution < 1.29 is 33.4 Å². The molecule has 0 aliphatic heterocycles. The Morgan fingerprint density at radius 2 is 1.52 bits per heavy atom. The van der Waals surface area contributed by atoms with E-state index in [-0.39, 0.29) is 28.1 Å². The van der Waals surface area contributed by atoms with Gasteiger partial charge in [-0.25, -0.2) is 14.4 Å². The van der Waals surface area contributed by atoms with E-state index in [1.807, 2.05) is 0 Å². The number of anilines is 2. The Kier molecular flexibility index (Phi) is 7.32. The Hall–Kier alpha value is -3.40. The molecule has 0 saturated carbocycles. The third-order valence-electron chi connectivity index (χ3n) is 3.63. The molecule has 10 heteroatoms. The van der Waals surface area contributed by atoms with E-state index in [1.165, 1.54) is 44.6 Å². The molecule has 2 aromatic rings. The van der Waals surface area contributed by atoms with Gasteiger partial charge in [-0.1, -0.05) is 15.9 Å². The van der Waals surface area contributed by atoms with E-state index in [0.717, 1.165) is 0 Å². The summed E-state index contributed by atoms with van der Waals surface area (Å²) < 4.78 is 14.8. The first kappa shape index (κ1) is 21.9. The van der Waals surface area contributed by atoms with Gasteiger partial charge in [0.15, 0.2) is 6.61 Å². The molecule has 0 bridgehead atoms. The first-order chi connectivity index (χ1) is 13.7. The van der Waals surface area contributed by atoms with Crippen LogP contribution in [0.5, 0.6) is 0 Å². The monoisotopic (exact) mass is 464 g/mol. The number of nitrogens with two attached hydrogens (primary N) is 1. The molecule has 29 heavy (non-hydrogen) atoms. The quantitative estimate of drug-likeness (QED) is 0.378. The summed E-state index contributed by atoms with van der Waals surface area (Å²) in [6.07, 6.45) is 0.